The van der Waals surface area contributed by atoms with Gasteiger partial charge in [-0.3, -0.25) is 14.5 Å². The van der Waals surface area contributed by atoms with Gasteiger partial charge in [0.15, 0.2) is 0 Å². The molecule has 0 unspecified atom stereocenters. The van der Waals surface area contributed by atoms with E-state index in [0.717, 1.165) is 0 Å². The molecule has 0 aromatic carbocycles. The van der Waals surface area contributed by atoms with Gasteiger partial charge in [-0.1, -0.05) is 0 Å². The largest absolute Gasteiger partial charge is 0.336 e. The van der Waals surface area contributed by atoms with Crippen LogP contribution in [0.25, 0.3) is 0 Å². The average molecular weight is 169 g/mol. The maximum atomic E-state index is 11.1. The van der Waals surface area contributed by atoms with Crippen LogP contribution in [0.3, 0.4) is 0 Å². The number of guanidine groups is 1. The van der Waals surface area contributed by atoms with Crippen molar-refractivity contribution in [2.75, 3.05) is 20.6 Å². The molecule has 1 saturated heterocycles. The first-order valence-corrected chi connectivity index (χ1v) is 3.59. The van der Waals surface area contributed by atoms with E-state index in [2.05, 4.69) is 4.99 Å². The van der Waals surface area contributed by atoms with Gasteiger partial charge in [0.2, 0.25) is 17.8 Å². The fraction of sp³-hybridized carbons (Fsp3) is 0.571. The summed E-state index contributed by atoms with van der Waals surface area (Å²) in [7, 11) is 3.33. The van der Waals surface area contributed by atoms with Crippen molar-refractivity contribution >= 4 is 17.8 Å². The normalized spacial score (nSPS) is 20.9. The van der Waals surface area contributed by atoms with Gasteiger partial charge in [0.25, 0.3) is 0 Å². The Morgan fingerprint density at radius 2 is 2.08 bits per heavy atom. The first-order chi connectivity index (χ1) is 5.52. The van der Waals surface area contributed by atoms with Gasteiger partial charge in [-0.2, -0.15) is 4.99 Å². The highest BCUT2D eigenvalue weighted by atomic mass is 16.2. The Balaban J connectivity index is 2.90. The summed E-state index contributed by atoms with van der Waals surface area (Å²) < 4.78 is 0. The van der Waals surface area contributed by atoms with Gasteiger partial charge in [-0.25, -0.2) is 0 Å². The third-order valence-electron chi connectivity index (χ3n) is 1.65. The summed E-state index contributed by atoms with van der Waals surface area (Å²) in [6, 6.07) is 0. The number of amides is 2. The lowest BCUT2D eigenvalue weighted by molar-refractivity contribution is -0.124. The SMILES string of the molecule is CC(=O)N=C1N(C)CC(=O)N1C. The number of carbonyl (C=O) groups excluding carboxylic acids is 2. The molecule has 2 amide bonds. The average Bonchev–Trinajstić information content (AvgIpc) is 2.16. The first kappa shape index (κ1) is 8.70. The van der Waals surface area contributed by atoms with Gasteiger partial charge in [0, 0.05) is 21.0 Å². The van der Waals surface area contributed by atoms with Crippen LogP contribution in [0.15, 0.2) is 4.99 Å². The number of nitrogens with zero attached hydrogens (tertiary/aromatic N) is 3. The summed E-state index contributed by atoms with van der Waals surface area (Å²) in [4.78, 5) is 28.4. The van der Waals surface area contributed by atoms with Crippen molar-refractivity contribution in [2.24, 2.45) is 4.99 Å². The summed E-state index contributed by atoms with van der Waals surface area (Å²) in [6.07, 6.45) is 0. The highest BCUT2D eigenvalue weighted by Gasteiger charge is 2.28. The quantitative estimate of drug-likeness (QED) is 0.481. The van der Waals surface area contributed by atoms with Crippen molar-refractivity contribution in [3.8, 4) is 0 Å². The van der Waals surface area contributed by atoms with Gasteiger partial charge < -0.3 is 4.90 Å². The van der Waals surface area contributed by atoms with Crippen LogP contribution in [0.1, 0.15) is 6.92 Å². The van der Waals surface area contributed by atoms with Crippen LogP contribution in [0, 0.1) is 0 Å². The van der Waals surface area contributed by atoms with E-state index in [1.807, 2.05) is 0 Å². The van der Waals surface area contributed by atoms with E-state index < -0.39 is 0 Å². The van der Waals surface area contributed by atoms with Crippen LogP contribution in [-0.4, -0.2) is 48.2 Å². The lowest BCUT2D eigenvalue weighted by atomic mass is 10.6. The second-order valence-corrected chi connectivity index (χ2v) is 2.74. The fourth-order valence-corrected chi connectivity index (χ4v) is 1.05. The maximum absolute atomic E-state index is 11.1. The summed E-state index contributed by atoms with van der Waals surface area (Å²) in [5.41, 5.74) is 0. The highest BCUT2D eigenvalue weighted by Crippen LogP contribution is 2.04. The molecule has 1 aliphatic rings. The van der Waals surface area contributed by atoms with Crippen LogP contribution in [-0.2, 0) is 9.59 Å². The molecule has 12 heavy (non-hydrogen) atoms. The molecule has 1 heterocycles. The smallest absolute Gasteiger partial charge is 0.248 e. The molecule has 5 nitrogen and oxygen atoms in total. The Morgan fingerprint density at radius 3 is 2.42 bits per heavy atom. The monoisotopic (exact) mass is 169 g/mol. The van der Waals surface area contributed by atoms with Crippen molar-refractivity contribution in [1.82, 2.24) is 9.80 Å². The van der Waals surface area contributed by atoms with E-state index in [1.165, 1.54) is 11.8 Å². The summed E-state index contributed by atoms with van der Waals surface area (Å²) in [5.74, 6) is 0.0865. The van der Waals surface area contributed by atoms with Gasteiger partial charge in [-0.15, -0.1) is 0 Å². The Morgan fingerprint density at radius 1 is 1.50 bits per heavy atom. The molecule has 0 bridgehead atoms. The number of hydrogen-bond donors (Lipinski definition) is 0. The predicted octanol–water partition coefficient (Wildman–Crippen LogP) is -0.707. The lowest BCUT2D eigenvalue weighted by Gasteiger charge is -2.12. The van der Waals surface area contributed by atoms with Crippen molar-refractivity contribution < 1.29 is 9.59 Å². The molecule has 0 aromatic heterocycles. The number of aliphatic imine (C=N–C) groups is 1. The molecular formula is C7H11N3O2. The Labute approximate surface area is 70.7 Å². The minimum atomic E-state index is -0.293. The van der Waals surface area contributed by atoms with Crippen LogP contribution in [0.2, 0.25) is 0 Å². The van der Waals surface area contributed by atoms with Crippen LogP contribution < -0.4 is 0 Å². The zero-order chi connectivity index (χ0) is 9.30. The third kappa shape index (κ3) is 1.44. The van der Waals surface area contributed by atoms with E-state index >= 15 is 0 Å². The molecule has 0 aliphatic carbocycles. The number of hydrogen-bond acceptors (Lipinski definition) is 2. The molecule has 5 heteroatoms. The Kier molecular flexibility index (Phi) is 2.12. The standard InChI is InChI=1S/C7H11N3O2/c1-5(11)8-7-9(2)4-6(12)10(7)3/h4H2,1-3H3. The van der Waals surface area contributed by atoms with Crippen LogP contribution in [0.5, 0.6) is 0 Å². The van der Waals surface area contributed by atoms with Crippen molar-refractivity contribution in [1.29, 1.82) is 0 Å². The Hall–Kier alpha value is -1.39. The zero-order valence-electron chi connectivity index (χ0n) is 7.37. The second kappa shape index (κ2) is 2.92. The van der Waals surface area contributed by atoms with Gasteiger partial charge >= 0.3 is 0 Å². The molecule has 1 fully saturated rings. The molecule has 66 valence electrons. The molecule has 0 atom stereocenters. The minimum Gasteiger partial charge on any atom is -0.336 e. The maximum Gasteiger partial charge on any atom is 0.248 e. The number of likely N-dealkylation sites (N-methyl/N-ethyl adjacent to an activating group) is 2. The van der Waals surface area contributed by atoms with Gasteiger partial charge in [0.05, 0.1) is 6.54 Å². The van der Waals surface area contributed by atoms with Crippen molar-refractivity contribution in [3.05, 3.63) is 0 Å². The van der Waals surface area contributed by atoms with E-state index in [9.17, 15) is 9.59 Å². The molecule has 1 aliphatic heterocycles. The molecule has 1 rings (SSSR count). The fourth-order valence-electron chi connectivity index (χ4n) is 1.05. The van der Waals surface area contributed by atoms with Crippen molar-refractivity contribution in [3.63, 3.8) is 0 Å². The third-order valence-corrected chi connectivity index (χ3v) is 1.65. The van der Waals surface area contributed by atoms with E-state index in [4.69, 9.17) is 0 Å². The van der Waals surface area contributed by atoms with Gasteiger partial charge in [0.1, 0.15) is 0 Å². The Bertz CT molecular complexity index is 259. The van der Waals surface area contributed by atoms with E-state index in [-0.39, 0.29) is 11.8 Å². The molecule has 0 saturated carbocycles. The van der Waals surface area contributed by atoms with E-state index in [0.29, 0.717) is 12.5 Å². The summed E-state index contributed by atoms with van der Waals surface area (Å²) in [5, 5.41) is 0. The summed E-state index contributed by atoms with van der Waals surface area (Å²) >= 11 is 0. The van der Waals surface area contributed by atoms with Crippen molar-refractivity contribution in [2.45, 2.75) is 6.92 Å². The summed E-state index contributed by atoms with van der Waals surface area (Å²) in [6.45, 7) is 1.65. The zero-order valence-corrected chi connectivity index (χ0v) is 7.37. The predicted molar refractivity (Wildman–Crippen MR) is 43.5 cm³/mol. The topological polar surface area (TPSA) is 53.0 Å². The molecule has 0 N–H and O–H groups in total. The van der Waals surface area contributed by atoms with Gasteiger partial charge in [-0.05, 0) is 0 Å². The number of carbonyl (C=O) groups is 2. The minimum absolute atomic E-state index is 0.0440. The molecule has 0 spiro atoms. The lowest BCUT2D eigenvalue weighted by Crippen LogP contribution is -2.30. The number of rotatable bonds is 0. The first-order valence-electron chi connectivity index (χ1n) is 3.59. The van der Waals surface area contributed by atoms with Crippen LogP contribution in [0.4, 0.5) is 0 Å². The van der Waals surface area contributed by atoms with Crippen LogP contribution >= 0.6 is 0 Å². The van der Waals surface area contributed by atoms with E-state index in [1.54, 1.807) is 19.0 Å². The second-order valence-electron chi connectivity index (χ2n) is 2.74. The molecule has 0 aromatic rings. The molecular weight excluding hydrogens is 158 g/mol. The highest BCUT2D eigenvalue weighted by molar-refractivity contribution is 6.07. The molecule has 0 radical (unpaired) electrons.